The lowest BCUT2D eigenvalue weighted by molar-refractivity contribution is 0.547. The second-order valence-corrected chi connectivity index (χ2v) is 5.81. The molecular formula is C9H21NO2S. The van der Waals surface area contributed by atoms with Gasteiger partial charge in [-0.25, -0.2) is 8.42 Å². The Morgan fingerprint density at radius 1 is 1.31 bits per heavy atom. The van der Waals surface area contributed by atoms with Gasteiger partial charge in [-0.2, -0.15) is 0 Å². The van der Waals surface area contributed by atoms with Gasteiger partial charge in [0, 0.05) is 11.8 Å². The van der Waals surface area contributed by atoms with Crippen LogP contribution in [0, 0.1) is 0 Å². The van der Waals surface area contributed by atoms with Crippen molar-refractivity contribution in [2.45, 2.75) is 39.7 Å². The fourth-order valence-electron chi connectivity index (χ4n) is 1.08. The molecule has 0 aliphatic heterocycles. The molecule has 0 aliphatic rings. The summed E-state index contributed by atoms with van der Waals surface area (Å²) in [6.07, 6.45) is 2.25. The van der Waals surface area contributed by atoms with Crippen molar-refractivity contribution in [3.05, 3.63) is 0 Å². The molecule has 1 N–H and O–H groups in total. The van der Waals surface area contributed by atoms with Gasteiger partial charge in [-0.1, -0.05) is 20.3 Å². The predicted molar refractivity (Wildman–Crippen MR) is 56.7 cm³/mol. The van der Waals surface area contributed by atoms with E-state index < -0.39 is 9.84 Å². The zero-order chi connectivity index (χ0) is 10.3. The molecule has 3 nitrogen and oxygen atoms in total. The van der Waals surface area contributed by atoms with Crippen molar-refractivity contribution in [1.82, 2.24) is 5.32 Å². The van der Waals surface area contributed by atoms with Crippen molar-refractivity contribution in [1.29, 1.82) is 0 Å². The summed E-state index contributed by atoms with van der Waals surface area (Å²) < 4.78 is 22.4. The first-order valence-corrected chi connectivity index (χ1v) is 6.77. The largest absolute Gasteiger partial charge is 0.313 e. The Hall–Kier alpha value is -0.0900. The van der Waals surface area contributed by atoms with Gasteiger partial charge in [0.15, 0.2) is 9.84 Å². The molecule has 1 unspecified atom stereocenters. The Kier molecular flexibility index (Phi) is 6.33. The Morgan fingerprint density at radius 2 is 1.92 bits per heavy atom. The van der Waals surface area contributed by atoms with E-state index >= 15 is 0 Å². The lowest BCUT2D eigenvalue weighted by Crippen LogP contribution is -2.34. The van der Waals surface area contributed by atoms with E-state index in [1.165, 1.54) is 0 Å². The van der Waals surface area contributed by atoms with Gasteiger partial charge < -0.3 is 5.32 Å². The third-order valence-corrected chi connectivity index (χ3v) is 3.85. The average Bonchev–Trinajstić information content (AvgIpc) is 2.04. The Bertz CT molecular complexity index is 212. The molecule has 0 saturated heterocycles. The van der Waals surface area contributed by atoms with Crippen LogP contribution in [-0.2, 0) is 9.84 Å². The van der Waals surface area contributed by atoms with Gasteiger partial charge in [0.1, 0.15) is 0 Å². The Balaban J connectivity index is 3.68. The number of sulfone groups is 1. The van der Waals surface area contributed by atoms with Crippen LogP contribution in [0.15, 0.2) is 0 Å². The van der Waals surface area contributed by atoms with E-state index in [2.05, 4.69) is 12.2 Å². The lowest BCUT2D eigenvalue weighted by Gasteiger charge is -2.12. The van der Waals surface area contributed by atoms with E-state index in [0.717, 1.165) is 19.4 Å². The fraction of sp³-hybridized carbons (Fsp3) is 1.00. The van der Waals surface area contributed by atoms with Crippen LogP contribution in [0.25, 0.3) is 0 Å². The maximum atomic E-state index is 11.2. The predicted octanol–water partition coefficient (Wildman–Crippen LogP) is 1.20. The van der Waals surface area contributed by atoms with Gasteiger partial charge in [-0.3, -0.25) is 0 Å². The minimum absolute atomic E-state index is 0.0801. The second kappa shape index (κ2) is 6.38. The topological polar surface area (TPSA) is 46.2 Å². The monoisotopic (exact) mass is 207 g/mol. The summed E-state index contributed by atoms with van der Waals surface area (Å²) in [7, 11) is -2.82. The van der Waals surface area contributed by atoms with Crippen LogP contribution in [-0.4, -0.2) is 32.5 Å². The molecule has 0 amide bonds. The molecule has 0 spiro atoms. The van der Waals surface area contributed by atoms with Crippen LogP contribution >= 0.6 is 0 Å². The van der Waals surface area contributed by atoms with Crippen molar-refractivity contribution in [2.75, 3.05) is 18.1 Å². The molecule has 0 aliphatic carbocycles. The number of hydrogen-bond acceptors (Lipinski definition) is 3. The SMILES string of the molecule is CCCCNC(C)CS(=O)(=O)CC. The summed E-state index contributed by atoms with van der Waals surface area (Å²) in [6.45, 7) is 6.64. The maximum Gasteiger partial charge on any atom is 0.151 e. The Labute approximate surface area is 81.8 Å². The van der Waals surface area contributed by atoms with Crippen molar-refractivity contribution < 1.29 is 8.42 Å². The van der Waals surface area contributed by atoms with Crippen LogP contribution in [0.1, 0.15) is 33.6 Å². The molecule has 0 rings (SSSR count). The van der Waals surface area contributed by atoms with Gasteiger partial charge in [-0.15, -0.1) is 0 Å². The summed E-state index contributed by atoms with van der Waals surface area (Å²) in [5.74, 6) is 0.500. The standard InChI is InChI=1S/C9H21NO2S/c1-4-6-7-10-9(3)8-13(11,12)5-2/h9-10H,4-8H2,1-3H3. The van der Waals surface area contributed by atoms with E-state index in [0.29, 0.717) is 0 Å². The highest BCUT2D eigenvalue weighted by atomic mass is 32.2. The maximum absolute atomic E-state index is 11.2. The molecule has 0 aromatic rings. The van der Waals surface area contributed by atoms with Crippen molar-refractivity contribution in [3.8, 4) is 0 Å². The first kappa shape index (κ1) is 12.9. The fourth-order valence-corrected chi connectivity index (χ4v) is 2.20. The highest BCUT2D eigenvalue weighted by molar-refractivity contribution is 7.91. The summed E-state index contributed by atoms with van der Waals surface area (Å²) in [5.41, 5.74) is 0. The average molecular weight is 207 g/mol. The normalized spacial score (nSPS) is 14.4. The third kappa shape index (κ3) is 7.02. The van der Waals surface area contributed by atoms with Crippen LogP contribution in [0.3, 0.4) is 0 Å². The van der Waals surface area contributed by atoms with Crippen molar-refractivity contribution >= 4 is 9.84 Å². The highest BCUT2D eigenvalue weighted by Gasteiger charge is 2.12. The molecule has 0 bridgehead atoms. The van der Waals surface area contributed by atoms with Gasteiger partial charge in [0.05, 0.1) is 5.75 Å². The summed E-state index contributed by atoms with van der Waals surface area (Å²) in [4.78, 5) is 0. The molecular weight excluding hydrogens is 186 g/mol. The molecule has 0 saturated carbocycles. The van der Waals surface area contributed by atoms with Gasteiger partial charge in [0.2, 0.25) is 0 Å². The molecule has 1 atom stereocenters. The molecule has 4 heteroatoms. The molecule has 0 aromatic carbocycles. The van der Waals surface area contributed by atoms with Crippen LogP contribution in [0.2, 0.25) is 0 Å². The van der Waals surface area contributed by atoms with E-state index in [9.17, 15) is 8.42 Å². The quantitative estimate of drug-likeness (QED) is 0.638. The molecule has 0 fully saturated rings. The molecule has 0 radical (unpaired) electrons. The highest BCUT2D eigenvalue weighted by Crippen LogP contribution is 1.94. The smallest absolute Gasteiger partial charge is 0.151 e. The molecule has 0 aromatic heterocycles. The third-order valence-electron chi connectivity index (χ3n) is 1.97. The molecule has 80 valence electrons. The molecule has 13 heavy (non-hydrogen) atoms. The van der Waals surface area contributed by atoms with E-state index in [-0.39, 0.29) is 17.5 Å². The van der Waals surface area contributed by atoms with E-state index in [1.54, 1.807) is 6.92 Å². The lowest BCUT2D eigenvalue weighted by atomic mass is 10.3. The number of unbranched alkanes of at least 4 members (excludes halogenated alkanes) is 1. The van der Waals surface area contributed by atoms with E-state index in [4.69, 9.17) is 0 Å². The Morgan fingerprint density at radius 3 is 2.38 bits per heavy atom. The second-order valence-electron chi connectivity index (χ2n) is 3.41. The van der Waals surface area contributed by atoms with Crippen molar-refractivity contribution in [3.63, 3.8) is 0 Å². The minimum Gasteiger partial charge on any atom is -0.313 e. The zero-order valence-electron chi connectivity index (χ0n) is 8.84. The zero-order valence-corrected chi connectivity index (χ0v) is 9.65. The summed E-state index contributed by atoms with van der Waals surface area (Å²) in [6, 6.07) is 0.0801. The van der Waals surface area contributed by atoms with Gasteiger partial charge in [0.25, 0.3) is 0 Å². The van der Waals surface area contributed by atoms with Gasteiger partial charge >= 0.3 is 0 Å². The summed E-state index contributed by atoms with van der Waals surface area (Å²) in [5, 5.41) is 3.19. The van der Waals surface area contributed by atoms with Crippen LogP contribution in [0.4, 0.5) is 0 Å². The first-order valence-electron chi connectivity index (χ1n) is 4.95. The van der Waals surface area contributed by atoms with Crippen LogP contribution in [0.5, 0.6) is 0 Å². The summed E-state index contributed by atoms with van der Waals surface area (Å²) >= 11 is 0. The van der Waals surface area contributed by atoms with Crippen LogP contribution < -0.4 is 5.32 Å². The number of hydrogen-bond donors (Lipinski definition) is 1. The number of rotatable bonds is 7. The first-order chi connectivity index (χ1) is 6.02. The molecule has 0 heterocycles. The minimum atomic E-state index is -2.82. The van der Waals surface area contributed by atoms with Gasteiger partial charge in [-0.05, 0) is 19.9 Å². The van der Waals surface area contributed by atoms with Crippen molar-refractivity contribution in [2.24, 2.45) is 0 Å². The van der Waals surface area contributed by atoms with E-state index in [1.807, 2.05) is 6.92 Å². The number of nitrogens with one attached hydrogen (secondary N) is 1.